The van der Waals surface area contributed by atoms with Crippen molar-refractivity contribution < 1.29 is 17.9 Å². The summed E-state index contributed by atoms with van der Waals surface area (Å²) in [7, 11) is -3.07. The van der Waals surface area contributed by atoms with Gasteiger partial charge in [0.15, 0.2) is 9.84 Å². The molecule has 1 saturated heterocycles. The zero-order valence-corrected chi connectivity index (χ0v) is 18.5. The van der Waals surface area contributed by atoms with E-state index in [1.54, 1.807) is 29.2 Å². The maximum Gasteiger partial charge on any atom is 0.254 e. The minimum Gasteiger partial charge on any atom is -0.457 e. The first-order valence-electron chi connectivity index (χ1n) is 10.5. The van der Waals surface area contributed by atoms with Crippen molar-refractivity contribution in [3.8, 4) is 11.5 Å². The van der Waals surface area contributed by atoms with Crippen LogP contribution in [-0.2, 0) is 9.84 Å². The van der Waals surface area contributed by atoms with Crippen LogP contribution in [0.25, 0.3) is 0 Å². The predicted molar refractivity (Wildman–Crippen MR) is 119 cm³/mol. The highest BCUT2D eigenvalue weighted by molar-refractivity contribution is 7.91. The predicted octanol–water partition coefficient (Wildman–Crippen LogP) is 3.45. The first-order chi connectivity index (χ1) is 14.4. The summed E-state index contributed by atoms with van der Waals surface area (Å²) >= 11 is 0. The lowest BCUT2D eigenvalue weighted by atomic mass is 10.1. The van der Waals surface area contributed by atoms with E-state index in [4.69, 9.17) is 4.74 Å². The summed E-state index contributed by atoms with van der Waals surface area (Å²) in [5.41, 5.74) is 0.541. The van der Waals surface area contributed by atoms with Gasteiger partial charge in [-0.3, -0.25) is 4.79 Å². The molecule has 0 radical (unpaired) electrons. The second-order valence-electron chi connectivity index (χ2n) is 7.52. The molecule has 0 bridgehead atoms. The van der Waals surface area contributed by atoms with Crippen LogP contribution in [0.3, 0.4) is 0 Å². The van der Waals surface area contributed by atoms with E-state index in [1.165, 1.54) is 0 Å². The Bertz CT molecular complexity index is 925. The van der Waals surface area contributed by atoms with Crippen molar-refractivity contribution in [1.29, 1.82) is 0 Å². The Labute approximate surface area is 179 Å². The average Bonchev–Trinajstić information content (AvgIpc) is 3.11. The number of ether oxygens (including phenoxy) is 1. The monoisotopic (exact) mass is 430 g/mol. The van der Waals surface area contributed by atoms with E-state index in [2.05, 4.69) is 18.7 Å². The zero-order valence-electron chi connectivity index (χ0n) is 17.7. The molecule has 0 spiro atoms. The number of sulfone groups is 1. The van der Waals surface area contributed by atoms with Crippen LogP contribution in [0.4, 0.5) is 0 Å². The van der Waals surface area contributed by atoms with Gasteiger partial charge in [0.05, 0.1) is 11.5 Å². The highest BCUT2D eigenvalue weighted by Gasteiger charge is 2.35. The molecular formula is C23H30N2O4S. The van der Waals surface area contributed by atoms with Gasteiger partial charge in [0.2, 0.25) is 0 Å². The molecule has 0 aromatic heterocycles. The van der Waals surface area contributed by atoms with Gasteiger partial charge < -0.3 is 14.5 Å². The number of benzene rings is 2. The van der Waals surface area contributed by atoms with Crippen molar-refractivity contribution in [2.45, 2.75) is 26.3 Å². The number of hydrogen-bond acceptors (Lipinski definition) is 5. The summed E-state index contributed by atoms with van der Waals surface area (Å²) < 4.78 is 29.8. The van der Waals surface area contributed by atoms with Crippen molar-refractivity contribution >= 4 is 15.7 Å². The molecule has 1 fully saturated rings. The summed E-state index contributed by atoms with van der Waals surface area (Å²) in [5, 5.41) is 0. The Morgan fingerprint density at radius 2 is 1.60 bits per heavy atom. The molecule has 0 saturated carbocycles. The van der Waals surface area contributed by atoms with Crippen LogP contribution < -0.4 is 4.74 Å². The van der Waals surface area contributed by atoms with E-state index in [0.717, 1.165) is 25.4 Å². The average molecular weight is 431 g/mol. The topological polar surface area (TPSA) is 66.9 Å². The van der Waals surface area contributed by atoms with E-state index >= 15 is 0 Å². The van der Waals surface area contributed by atoms with Crippen LogP contribution in [-0.4, -0.2) is 67.9 Å². The third kappa shape index (κ3) is 5.83. The maximum atomic E-state index is 13.3. The Morgan fingerprint density at radius 3 is 2.17 bits per heavy atom. The number of rotatable bonds is 9. The number of hydrogen-bond donors (Lipinski definition) is 0. The summed E-state index contributed by atoms with van der Waals surface area (Å²) in [6.45, 7) is 7.20. The fourth-order valence-corrected chi connectivity index (χ4v) is 5.45. The van der Waals surface area contributed by atoms with Crippen LogP contribution in [0.2, 0.25) is 0 Å². The molecule has 30 heavy (non-hydrogen) atoms. The van der Waals surface area contributed by atoms with Crippen LogP contribution in [0.1, 0.15) is 30.6 Å². The zero-order chi connectivity index (χ0) is 21.6. The van der Waals surface area contributed by atoms with Gasteiger partial charge >= 0.3 is 0 Å². The Balaban J connectivity index is 1.74. The van der Waals surface area contributed by atoms with Crippen LogP contribution in [0, 0.1) is 0 Å². The van der Waals surface area contributed by atoms with Gasteiger partial charge in [-0.05, 0) is 55.9 Å². The summed E-state index contributed by atoms with van der Waals surface area (Å²) in [6.07, 6.45) is 0.502. The van der Waals surface area contributed by atoms with Crippen molar-refractivity contribution in [3.05, 3.63) is 60.2 Å². The number of amides is 1. The summed E-state index contributed by atoms with van der Waals surface area (Å²) in [4.78, 5) is 17.3. The van der Waals surface area contributed by atoms with Gasteiger partial charge in [-0.15, -0.1) is 0 Å². The van der Waals surface area contributed by atoms with Crippen LogP contribution >= 0.6 is 0 Å². The van der Waals surface area contributed by atoms with E-state index in [0.29, 0.717) is 24.3 Å². The SMILES string of the molecule is CCN(CC)CCN(C(=O)c1ccc(Oc2ccccc2)cc1)C1CCS(=O)(=O)C1. The Hall–Kier alpha value is -2.38. The largest absolute Gasteiger partial charge is 0.457 e. The molecule has 3 rings (SSSR count). The third-order valence-electron chi connectivity index (χ3n) is 5.54. The van der Waals surface area contributed by atoms with Gasteiger partial charge in [-0.1, -0.05) is 32.0 Å². The van der Waals surface area contributed by atoms with Crippen molar-refractivity contribution in [1.82, 2.24) is 9.80 Å². The number of nitrogens with zero attached hydrogens (tertiary/aromatic N) is 2. The number of carbonyl (C=O) groups is 1. The molecule has 2 aromatic carbocycles. The smallest absolute Gasteiger partial charge is 0.254 e. The second kappa shape index (κ2) is 10.1. The first-order valence-corrected chi connectivity index (χ1v) is 12.3. The molecule has 2 aromatic rings. The first kappa shape index (κ1) is 22.3. The van der Waals surface area contributed by atoms with Gasteiger partial charge in [-0.2, -0.15) is 0 Å². The third-order valence-corrected chi connectivity index (χ3v) is 7.29. The van der Waals surface area contributed by atoms with Crippen molar-refractivity contribution in [3.63, 3.8) is 0 Å². The lowest BCUT2D eigenvalue weighted by Gasteiger charge is -2.31. The van der Waals surface area contributed by atoms with E-state index < -0.39 is 9.84 Å². The van der Waals surface area contributed by atoms with Gasteiger partial charge in [-0.25, -0.2) is 8.42 Å². The molecule has 6 nitrogen and oxygen atoms in total. The minimum absolute atomic E-state index is 0.0478. The van der Waals surface area contributed by atoms with E-state index in [1.807, 2.05) is 30.3 Å². The lowest BCUT2D eigenvalue weighted by Crippen LogP contribution is -2.45. The van der Waals surface area contributed by atoms with Crippen LogP contribution in [0.15, 0.2) is 54.6 Å². The molecule has 1 aliphatic rings. The Kier molecular flexibility index (Phi) is 7.50. The highest BCUT2D eigenvalue weighted by atomic mass is 32.2. The van der Waals surface area contributed by atoms with E-state index in [-0.39, 0.29) is 23.5 Å². The summed E-state index contributed by atoms with van der Waals surface area (Å²) in [6, 6.07) is 16.2. The number of carbonyl (C=O) groups excluding carboxylic acids is 1. The fourth-order valence-electron chi connectivity index (χ4n) is 3.72. The standard InChI is InChI=1S/C23H30N2O4S/c1-3-24(4-2)15-16-25(20-14-17-30(27,28)18-20)23(26)19-10-12-22(13-11-19)29-21-8-6-5-7-9-21/h5-13,20H,3-4,14-18H2,1-2H3. The molecule has 1 heterocycles. The summed E-state index contributed by atoms with van der Waals surface area (Å²) in [5.74, 6) is 1.45. The van der Waals surface area contributed by atoms with Crippen LogP contribution in [0.5, 0.6) is 11.5 Å². The lowest BCUT2D eigenvalue weighted by molar-refractivity contribution is 0.0674. The quantitative estimate of drug-likeness (QED) is 0.610. The molecule has 1 amide bonds. The molecule has 0 aliphatic carbocycles. The van der Waals surface area contributed by atoms with Gasteiger partial charge in [0, 0.05) is 24.7 Å². The number of likely N-dealkylation sites (N-methyl/N-ethyl adjacent to an activating group) is 1. The Morgan fingerprint density at radius 1 is 0.967 bits per heavy atom. The molecule has 7 heteroatoms. The minimum atomic E-state index is -3.07. The van der Waals surface area contributed by atoms with Crippen molar-refractivity contribution in [2.75, 3.05) is 37.7 Å². The molecular weight excluding hydrogens is 400 g/mol. The molecule has 1 unspecified atom stereocenters. The van der Waals surface area contributed by atoms with Gasteiger partial charge in [0.25, 0.3) is 5.91 Å². The highest BCUT2D eigenvalue weighted by Crippen LogP contribution is 2.24. The second-order valence-corrected chi connectivity index (χ2v) is 9.75. The molecule has 162 valence electrons. The molecule has 1 aliphatic heterocycles. The normalized spacial score (nSPS) is 17.8. The molecule has 0 N–H and O–H groups in total. The maximum absolute atomic E-state index is 13.3. The van der Waals surface area contributed by atoms with E-state index in [9.17, 15) is 13.2 Å². The fraction of sp³-hybridized carbons (Fsp3) is 0.435. The van der Waals surface area contributed by atoms with Gasteiger partial charge in [0.1, 0.15) is 11.5 Å². The number of para-hydroxylation sites is 1. The van der Waals surface area contributed by atoms with Crippen molar-refractivity contribution in [2.24, 2.45) is 0 Å². The molecule has 1 atom stereocenters.